The summed E-state index contributed by atoms with van der Waals surface area (Å²) in [7, 11) is 0. The van der Waals surface area contributed by atoms with Gasteiger partial charge in [0, 0.05) is 0 Å². The van der Waals surface area contributed by atoms with Gasteiger partial charge in [-0.2, -0.15) is 0 Å². The number of fused-ring (bicyclic) bond motifs is 1. The number of hydrogen-bond acceptors (Lipinski definition) is 0. The molecule has 0 saturated heterocycles. The second-order valence-electron chi connectivity index (χ2n) is 6.11. The summed E-state index contributed by atoms with van der Waals surface area (Å²) in [5, 5.41) is 0. The van der Waals surface area contributed by atoms with E-state index in [1.807, 2.05) is 3.28 Å². The van der Waals surface area contributed by atoms with Crippen molar-refractivity contribution in [2.45, 2.75) is 43.2 Å². The molecule has 0 aromatic heterocycles. The minimum Gasteiger partial charge on any atom is -0.147 e. The van der Waals surface area contributed by atoms with Gasteiger partial charge in [-0.3, -0.25) is 0 Å². The molecule has 1 aromatic rings. The predicted octanol–water partition coefficient (Wildman–Crippen LogP) is 6.18. The summed E-state index contributed by atoms with van der Waals surface area (Å²) in [5.74, 6) is 0. The first-order valence-electron chi connectivity index (χ1n) is 7.59. The Labute approximate surface area is 158 Å². The van der Waals surface area contributed by atoms with E-state index in [0.717, 1.165) is 0 Å². The Morgan fingerprint density at radius 1 is 1.18 bits per heavy atom. The van der Waals surface area contributed by atoms with Crippen LogP contribution in [0, 0.1) is 6.92 Å². The smallest absolute Gasteiger partial charge is 0.147 e. The maximum atomic E-state index is 2.48. The van der Waals surface area contributed by atoms with E-state index in [9.17, 15) is 0 Å². The Bertz CT molecular complexity index is 628. The van der Waals surface area contributed by atoms with Crippen molar-refractivity contribution >= 4 is 30.9 Å². The van der Waals surface area contributed by atoms with Crippen molar-refractivity contribution in [2.75, 3.05) is 0 Å². The molecule has 1 unspecified atom stereocenters. The number of hydrogen-bond donors (Lipinski definition) is 0. The number of halogens is 2. The van der Waals surface area contributed by atoms with E-state index in [-0.39, 0.29) is 24.8 Å². The standard InChI is InChI=1S/C11H11.C8H11.2ClH.Zr/c1-8-3-5-10-6-4-9(2)11(10)7-8;1-2-5-8-6-3-4-7-8;;;/h3-7H,1-2H3;3,6H,2,4-5H2,1H3;2*1H;. The Hall–Kier alpha value is -0.0969. The molecule has 3 heteroatoms. The Morgan fingerprint density at radius 2 is 1.95 bits per heavy atom. The van der Waals surface area contributed by atoms with Crippen molar-refractivity contribution in [2.24, 2.45) is 0 Å². The van der Waals surface area contributed by atoms with Crippen molar-refractivity contribution in [1.82, 2.24) is 0 Å². The molecule has 1 atom stereocenters. The molecule has 2 aliphatic rings. The van der Waals surface area contributed by atoms with Gasteiger partial charge in [-0.25, -0.2) is 0 Å². The van der Waals surface area contributed by atoms with Crippen molar-refractivity contribution in [1.29, 1.82) is 0 Å². The fraction of sp³-hybridized carbons (Fsp3) is 0.368. The SMILES string of the molecule is CCCC1=[C]([Zr][C]2(C)C=Cc3ccc(C)cc32)CC=C1.Cl.Cl. The third-order valence-corrected chi connectivity index (χ3v) is 8.70. The average molecular weight is 415 g/mol. The van der Waals surface area contributed by atoms with Gasteiger partial charge >= 0.3 is 134 Å². The first-order valence-corrected chi connectivity index (χ1v) is 10.1. The van der Waals surface area contributed by atoms with Crippen LogP contribution in [0.15, 0.2) is 45.3 Å². The maximum absolute atomic E-state index is 2.48. The van der Waals surface area contributed by atoms with Gasteiger partial charge < -0.3 is 0 Å². The zero-order valence-electron chi connectivity index (χ0n) is 13.5. The van der Waals surface area contributed by atoms with E-state index in [0.29, 0.717) is 3.12 Å². The molecule has 2 aliphatic carbocycles. The molecule has 0 heterocycles. The molecule has 118 valence electrons. The molecule has 0 amide bonds. The third-order valence-electron chi connectivity index (χ3n) is 4.32. The number of allylic oxidation sites excluding steroid dienone is 5. The number of benzene rings is 1. The van der Waals surface area contributed by atoms with E-state index in [1.165, 1.54) is 30.4 Å². The van der Waals surface area contributed by atoms with Crippen LogP contribution < -0.4 is 0 Å². The van der Waals surface area contributed by atoms with Crippen LogP contribution in [0.3, 0.4) is 0 Å². The van der Waals surface area contributed by atoms with Gasteiger partial charge in [-0.15, -0.1) is 24.8 Å². The van der Waals surface area contributed by atoms with E-state index < -0.39 is 23.2 Å². The fourth-order valence-corrected chi connectivity index (χ4v) is 7.48. The van der Waals surface area contributed by atoms with Crippen LogP contribution in [0.5, 0.6) is 0 Å². The summed E-state index contributed by atoms with van der Waals surface area (Å²) < 4.78 is 2.17. The minimum absolute atomic E-state index is 0. The van der Waals surface area contributed by atoms with E-state index in [1.54, 1.807) is 11.1 Å². The van der Waals surface area contributed by atoms with Crippen molar-refractivity contribution in [3.63, 3.8) is 0 Å². The summed E-state index contributed by atoms with van der Waals surface area (Å²) in [6.45, 7) is 6.97. The average Bonchev–Trinajstić information content (AvgIpc) is 2.97. The second-order valence-corrected chi connectivity index (χ2v) is 10.8. The first kappa shape index (κ1) is 19.9. The van der Waals surface area contributed by atoms with E-state index in [2.05, 4.69) is 63.3 Å². The van der Waals surface area contributed by atoms with E-state index in [4.69, 9.17) is 0 Å². The molecule has 22 heavy (non-hydrogen) atoms. The molecule has 1 aromatic carbocycles. The Balaban J connectivity index is 0.00000121. The van der Waals surface area contributed by atoms with Crippen LogP contribution >= 0.6 is 24.8 Å². The van der Waals surface area contributed by atoms with Crippen LogP contribution in [0.2, 0.25) is 0 Å². The number of rotatable bonds is 4. The van der Waals surface area contributed by atoms with Gasteiger partial charge in [0.05, 0.1) is 0 Å². The second kappa shape index (κ2) is 8.14. The number of aryl methyl sites for hydroxylation is 1. The monoisotopic (exact) mass is 412 g/mol. The molecular weight excluding hydrogens is 390 g/mol. The minimum atomic E-state index is -0.622. The molecule has 3 rings (SSSR count). The molecule has 0 radical (unpaired) electrons. The molecule has 0 nitrogen and oxygen atoms in total. The fourth-order valence-electron chi connectivity index (χ4n) is 3.22. The quantitative estimate of drug-likeness (QED) is 0.552. The van der Waals surface area contributed by atoms with Gasteiger partial charge in [0.25, 0.3) is 0 Å². The van der Waals surface area contributed by atoms with Crippen molar-refractivity contribution in [3.8, 4) is 0 Å². The van der Waals surface area contributed by atoms with Crippen LogP contribution in [-0.4, -0.2) is 0 Å². The van der Waals surface area contributed by atoms with Crippen LogP contribution in [0.1, 0.15) is 49.8 Å². The molecule has 0 aliphatic heterocycles. The van der Waals surface area contributed by atoms with Gasteiger partial charge in [0.2, 0.25) is 0 Å². The largest absolute Gasteiger partial charge is 0.147 e. The summed E-state index contributed by atoms with van der Waals surface area (Å²) in [5.41, 5.74) is 6.09. The molecule has 0 bridgehead atoms. The van der Waals surface area contributed by atoms with Crippen LogP contribution in [-0.2, 0) is 26.4 Å². The third kappa shape index (κ3) is 3.86. The molecule has 0 fully saturated rings. The predicted molar refractivity (Wildman–Crippen MR) is 97.8 cm³/mol. The van der Waals surface area contributed by atoms with Gasteiger partial charge in [0.15, 0.2) is 0 Å². The Morgan fingerprint density at radius 3 is 2.68 bits per heavy atom. The van der Waals surface area contributed by atoms with Gasteiger partial charge in [-0.05, 0) is 0 Å². The van der Waals surface area contributed by atoms with E-state index >= 15 is 0 Å². The zero-order valence-corrected chi connectivity index (χ0v) is 17.6. The van der Waals surface area contributed by atoms with Crippen LogP contribution in [0.4, 0.5) is 0 Å². The summed E-state index contributed by atoms with van der Waals surface area (Å²) in [6.07, 6.45) is 13.4. The molecule has 0 saturated carbocycles. The molecular formula is C19H24Cl2Zr. The molecule has 0 N–H and O–H groups in total. The summed E-state index contributed by atoms with van der Waals surface area (Å²) in [4.78, 5) is 0. The maximum Gasteiger partial charge on any atom is -0.147 e. The normalized spacial score (nSPS) is 21.4. The van der Waals surface area contributed by atoms with Crippen LogP contribution in [0.25, 0.3) is 6.08 Å². The van der Waals surface area contributed by atoms with Crippen molar-refractivity contribution < 1.29 is 23.2 Å². The van der Waals surface area contributed by atoms with Gasteiger partial charge in [-0.1, -0.05) is 0 Å². The van der Waals surface area contributed by atoms with Gasteiger partial charge in [0.1, 0.15) is 0 Å². The topological polar surface area (TPSA) is 0 Å². The summed E-state index contributed by atoms with van der Waals surface area (Å²) in [6, 6.07) is 6.94. The summed E-state index contributed by atoms with van der Waals surface area (Å²) >= 11 is -0.622. The Kier molecular flexibility index (Phi) is 7.38. The zero-order chi connectivity index (χ0) is 14.2. The van der Waals surface area contributed by atoms with Crippen molar-refractivity contribution in [3.05, 3.63) is 62.0 Å². The molecule has 0 spiro atoms. The first-order chi connectivity index (χ1) is 9.62.